The summed E-state index contributed by atoms with van der Waals surface area (Å²) in [7, 11) is -3.67. The maximum atomic E-state index is 13.2. The molecule has 0 fully saturated rings. The lowest BCUT2D eigenvalue weighted by molar-refractivity contribution is 0.0471. The van der Waals surface area contributed by atoms with E-state index in [1.165, 1.54) is 34.6 Å². The summed E-state index contributed by atoms with van der Waals surface area (Å²) in [5.74, 6) is -1.06. The van der Waals surface area contributed by atoms with Crippen molar-refractivity contribution in [2.24, 2.45) is 0 Å². The van der Waals surface area contributed by atoms with Gasteiger partial charge >= 0.3 is 5.97 Å². The molecule has 2 rings (SSSR count). The number of benzene rings is 2. The smallest absolute Gasteiger partial charge is 0.338 e. The minimum Gasteiger partial charge on any atom is -0.457 e. The lowest BCUT2D eigenvalue weighted by Gasteiger charge is -2.19. The summed E-state index contributed by atoms with van der Waals surface area (Å²) in [5.41, 5.74) is 1.30. The number of halogens is 1. The number of hydrogen-bond donors (Lipinski definition) is 0. The maximum absolute atomic E-state index is 13.2. The van der Waals surface area contributed by atoms with Crippen LogP contribution < -0.4 is 0 Å². The molecular weight excluding hydrogens is 357 g/mol. The Hall–Kier alpha value is -2.25. The quantitative estimate of drug-likeness (QED) is 0.691. The molecule has 0 aliphatic rings. The first-order valence-electron chi connectivity index (χ1n) is 8.32. The van der Waals surface area contributed by atoms with E-state index < -0.39 is 21.8 Å². The molecule has 0 atom stereocenters. The van der Waals surface area contributed by atoms with Crippen molar-refractivity contribution in [1.82, 2.24) is 4.31 Å². The fourth-order valence-electron chi connectivity index (χ4n) is 2.55. The fourth-order valence-corrected chi connectivity index (χ4v) is 4.03. The third-order valence-electron chi connectivity index (χ3n) is 4.03. The van der Waals surface area contributed by atoms with E-state index >= 15 is 0 Å². The molecule has 5 nitrogen and oxygen atoms in total. The molecule has 0 aromatic heterocycles. The average molecular weight is 379 g/mol. The number of rotatable bonds is 7. The van der Waals surface area contributed by atoms with Gasteiger partial charge in [0.1, 0.15) is 12.4 Å². The molecule has 7 heteroatoms. The van der Waals surface area contributed by atoms with Gasteiger partial charge in [-0.2, -0.15) is 4.31 Å². The van der Waals surface area contributed by atoms with Crippen molar-refractivity contribution in [3.63, 3.8) is 0 Å². The van der Waals surface area contributed by atoms with Gasteiger partial charge in [0, 0.05) is 13.1 Å². The third-order valence-corrected chi connectivity index (χ3v) is 6.08. The van der Waals surface area contributed by atoms with Gasteiger partial charge in [-0.25, -0.2) is 17.6 Å². The molecule has 0 aliphatic carbocycles. The van der Waals surface area contributed by atoms with Crippen LogP contribution in [0, 0.1) is 12.7 Å². The molecule has 2 aromatic carbocycles. The second-order valence-electron chi connectivity index (χ2n) is 5.77. The molecule has 0 N–H and O–H groups in total. The van der Waals surface area contributed by atoms with Crippen LogP contribution in [0.15, 0.2) is 47.4 Å². The Morgan fingerprint density at radius 2 is 1.81 bits per heavy atom. The number of carbonyl (C=O) groups is 1. The van der Waals surface area contributed by atoms with Crippen molar-refractivity contribution < 1.29 is 22.3 Å². The predicted molar refractivity (Wildman–Crippen MR) is 96.8 cm³/mol. The van der Waals surface area contributed by atoms with Crippen molar-refractivity contribution in [2.45, 2.75) is 32.3 Å². The van der Waals surface area contributed by atoms with Crippen molar-refractivity contribution in [3.05, 3.63) is 65.0 Å². The zero-order valence-electron chi connectivity index (χ0n) is 15.0. The minimum absolute atomic E-state index is 0.0458. The molecule has 0 saturated heterocycles. The van der Waals surface area contributed by atoms with E-state index in [4.69, 9.17) is 4.74 Å². The Morgan fingerprint density at radius 3 is 2.42 bits per heavy atom. The molecule has 140 valence electrons. The highest BCUT2D eigenvalue weighted by Gasteiger charge is 2.23. The lowest BCUT2D eigenvalue weighted by Crippen LogP contribution is -2.30. The Bertz CT molecular complexity index is 892. The molecule has 26 heavy (non-hydrogen) atoms. The highest BCUT2D eigenvalue weighted by Crippen LogP contribution is 2.20. The Labute approximate surface area is 153 Å². The number of ether oxygens (including phenoxy) is 1. The average Bonchev–Trinajstić information content (AvgIpc) is 2.60. The van der Waals surface area contributed by atoms with Gasteiger partial charge in [0.05, 0.1) is 10.5 Å². The van der Waals surface area contributed by atoms with Gasteiger partial charge in [-0.1, -0.05) is 32.0 Å². The van der Waals surface area contributed by atoms with Crippen LogP contribution in [-0.2, 0) is 21.4 Å². The van der Waals surface area contributed by atoms with Gasteiger partial charge in [0.15, 0.2) is 0 Å². The predicted octanol–water partition coefficient (Wildman–Crippen LogP) is 3.52. The first-order valence-corrected chi connectivity index (χ1v) is 9.76. The van der Waals surface area contributed by atoms with Gasteiger partial charge in [0.2, 0.25) is 10.0 Å². The maximum Gasteiger partial charge on any atom is 0.338 e. The summed E-state index contributed by atoms with van der Waals surface area (Å²) >= 11 is 0. The molecule has 0 saturated carbocycles. The number of nitrogens with zero attached hydrogens (tertiary/aromatic N) is 1. The van der Waals surface area contributed by atoms with Crippen molar-refractivity contribution in [3.8, 4) is 0 Å². The number of carbonyl (C=O) groups excluding carboxylic acids is 1. The van der Waals surface area contributed by atoms with E-state index in [2.05, 4.69) is 0 Å². The van der Waals surface area contributed by atoms with Gasteiger partial charge < -0.3 is 4.74 Å². The molecule has 0 spiro atoms. The summed E-state index contributed by atoms with van der Waals surface area (Å²) in [6, 6.07) is 10.1. The van der Waals surface area contributed by atoms with E-state index in [0.29, 0.717) is 24.2 Å². The standard InChI is InChI=1S/C19H22FNO4S/c1-4-21(5-2)26(23,24)17-10-9-14(3)18(12-17)19(22)25-13-15-7-6-8-16(20)11-15/h6-12H,4-5,13H2,1-3H3. The van der Waals surface area contributed by atoms with Gasteiger partial charge in [-0.15, -0.1) is 0 Å². The number of hydrogen-bond acceptors (Lipinski definition) is 4. The van der Waals surface area contributed by atoms with Crippen LogP contribution in [-0.4, -0.2) is 31.8 Å². The Balaban J connectivity index is 2.25. The van der Waals surface area contributed by atoms with E-state index in [1.54, 1.807) is 32.9 Å². The highest BCUT2D eigenvalue weighted by atomic mass is 32.2. The molecular formula is C19H22FNO4S. The first-order chi connectivity index (χ1) is 12.3. The summed E-state index contributed by atoms with van der Waals surface area (Å²) in [6.07, 6.45) is 0. The number of sulfonamides is 1. The van der Waals surface area contributed by atoms with Crippen molar-refractivity contribution in [1.29, 1.82) is 0 Å². The van der Waals surface area contributed by atoms with Crippen LogP contribution in [0.2, 0.25) is 0 Å². The first kappa shape index (κ1) is 20.1. The van der Waals surface area contributed by atoms with Gasteiger partial charge in [0.25, 0.3) is 0 Å². The van der Waals surface area contributed by atoms with Gasteiger partial charge in [-0.05, 0) is 42.3 Å². The normalized spacial score (nSPS) is 11.6. The summed E-state index contributed by atoms with van der Waals surface area (Å²) in [5, 5.41) is 0. The Kier molecular flexibility index (Phi) is 6.50. The van der Waals surface area contributed by atoms with E-state index in [-0.39, 0.29) is 17.1 Å². The molecule has 0 radical (unpaired) electrons. The fraction of sp³-hybridized carbons (Fsp3) is 0.316. The number of aryl methyl sites for hydroxylation is 1. The van der Waals surface area contributed by atoms with Crippen molar-refractivity contribution >= 4 is 16.0 Å². The van der Waals surface area contributed by atoms with E-state index in [0.717, 1.165) is 0 Å². The molecule has 0 heterocycles. The van der Waals surface area contributed by atoms with Crippen molar-refractivity contribution in [2.75, 3.05) is 13.1 Å². The van der Waals surface area contributed by atoms with Crippen LogP contribution in [0.25, 0.3) is 0 Å². The topological polar surface area (TPSA) is 63.7 Å². The van der Waals surface area contributed by atoms with Crippen LogP contribution in [0.4, 0.5) is 4.39 Å². The largest absolute Gasteiger partial charge is 0.457 e. The number of esters is 1. The highest BCUT2D eigenvalue weighted by molar-refractivity contribution is 7.89. The lowest BCUT2D eigenvalue weighted by atomic mass is 10.1. The van der Waals surface area contributed by atoms with E-state index in [1.807, 2.05) is 0 Å². The zero-order chi connectivity index (χ0) is 19.3. The molecule has 0 aliphatic heterocycles. The van der Waals surface area contributed by atoms with E-state index in [9.17, 15) is 17.6 Å². The summed E-state index contributed by atoms with van der Waals surface area (Å²) in [6.45, 7) is 5.79. The van der Waals surface area contributed by atoms with Crippen LogP contribution in [0.5, 0.6) is 0 Å². The third kappa shape index (κ3) is 4.47. The second-order valence-corrected chi connectivity index (χ2v) is 7.71. The SMILES string of the molecule is CCN(CC)S(=O)(=O)c1ccc(C)c(C(=O)OCc2cccc(F)c2)c1. The molecule has 2 aromatic rings. The van der Waals surface area contributed by atoms with Crippen LogP contribution >= 0.6 is 0 Å². The Morgan fingerprint density at radius 1 is 1.12 bits per heavy atom. The molecule has 0 unspecified atom stereocenters. The second kappa shape index (κ2) is 8.42. The molecule has 0 bridgehead atoms. The van der Waals surface area contributed by atoms with Crippen LogP contribution in [0.1, 0.15) is 35.3 Å². The summed E-state index contributed by atoms with van der Waals surface area (Å²) in [4.78, 5) is 12.4. The minimum atomic E-state index is -3.67. The van der Waals surface area contributed by atoms with Crippen LogP contribution in [0.3, 0.4) is 0 Å². The van der Waals surface area contributed by atoms with Gasteiger partial charge in [-0.3, -0.25) is 0 Å². The summed E-state index contributed by atoms with van der Waals surface area (Å²) < 4.78 is 45.0. The molecule has 0 amide bonds. The monoisotopic (exact) mass is 379 g/mol. The zero-order valence-corrected chi connectivity index (χ0v) is 15.8.